The number of carbonyl (C=O) groups is 2. The van der Waals surface area contributed by atoms with Crippen molar-refractivity contribution in [3.63, 3.8) is 0 Å². The Morgan fingerprint density at radius 1 is 1.42 bits per heavy atom. The zero-order valence-electron chi connectivity index (χ0n) is 13.6. The van der Waals surface area contributed by atoms with Crippen LogP contribution in [0.2, 0.25) is 0 Å². The van der Waals surface area contributed by atoms with Crippen molar-refractivity contribution < 1.29 is 14.0 Å². The van der Waals surface area contributed by atoms with E-state index in [9.17, 15) is 14.0 Å². The molecule has 0 spiro atoms. The molecular weight excluding hydrogens is 311 g/mol. The Morgan fingerprint density at radius 2 is 2.17 bits per heavy atom. The van der Waals surface area contributed by atoms with E-state index in [1.54, 1.807) is 35.9 Å². The second-order valence-electron chi connectivity index (χ2n) is 5.87. The van der Waals surface area contributed by atoms with Crippen molar-refractivity contribution in [3.8, 4) is 0 Å². The number of nitrogens with zero attached hydrogens (tertiary/aromatic N) is 3. The number of amides is 2. The summed E-state index contributed by atoms with van der Waals surface area (Å²) in [6.07, 6.45) is 0.305. The fourth-order valence-corrected chi connectivity index (χ4v) is 2.84. The van der Waals surface area contributed by atoms with Gasteiger partial charge in [0.05, 0.1) is 12.2 Å². The van der Waals surface area contributed by atoms with Crippen LogP contribution in [0.25, 0.3) is 0 Å². The SMILES string of the molecule is Cc1cc2n(n1)CCC(=O)N2[C@H](C)C(=O)NCc1ccccc1F. The molecule has 1 aromatic heterocycles. The maximum absolute atomic E-state index is 13.6. The molecule has 2 amide bonds. The predicted molar refractivity (Wildman–Crippen MR) is 86.8 cm³/mol. The number of carbonyl (C=O) groups excluding carboxylic acids is 2. The highest BCUT2D eigenvalue weighted by atomic mass is 19.1. The molecule has 1 aliphatic rings. The van der Waals surface area contributed by atoms with Crippen LogP contribution in [0.15, 0.2) is 30.3 Å². The Morgan fingerprint density at radius 3 is 2.92 bits per heavy atom. The van der Waals surface area contributed by atoms with Gasteiger partial charge >= 0.3 is 0 Å². The number of fused-ring (bicyclic) bond motifs is 1. The van der Waals surface area contributed by atoms with Crippen LogP contribution in [0.4, 0.5) is 10.2 Å². The summed E-state index contributed by atoms with van der Waals surface area (Å²) in [5.41, 5.74) is 1.20. The van der Waals surface area contributed by atoms with Crippen molar-refractivity contribution in [2.75, 3.05) is 4.90 Å². The second kappa shape index (κ2) is 6.43. The van der Waals surface area contributed by atoms with Gasteiger partial charge < -0.3 is 5.32 Å². The highest BCUT2D eigenvalue weighted by Crippen LogP contribution is 2.24. The van der Waals surface area contributed by atoms with E-state index in [2.05, 4.69) is 10.4 Å². The molecular formula is C17H19FN4O2. The third-order valence-electron chi connectivity index (χ3n) is 4.11. The van der Waals surface area contributed by atoms with Gasteiger partial charge in [-0.15, -0.1) is 0 Å². The van der Waals surface area contributed by atoms with Crippen LogP contribution in [0.1, 0.15) is 24.6 Å². The minimum atomic E-state index is -0.695. The zero-order chi connectivity index (χ0) is 17.3. The monoisotopic (exact) mass is 330 g/mol. The fourth-order valence-electron chi connectivity index (χ4n) is 2.84. The maximum Gasteiger partial charge on any atom is 0.243 e. The Hall–Kier alpha value is -2.70. The van der Waals surface area contributed by atoms with Crippen LogP contribution in [-0.2, 0) is 22.7 Å². The van der Waals surface area contributed by atoms with E-state index in [1.807, 2.05) is 6.92 Å². The lowest BCUT2D eigenvalue weighted by Gasteiger charge is -2.31. The van der Waals surface area contributed by atoms with Gasteiger partial charge in [0.25, 0.3) is 0 Å². The van der Waals surface area contributed by atoms with Gasteiger partial charge in [0, 0.05) is 24.6 Å². The summed E-state index contributed by atoms with van der Waals surface area (Å²) in [5, 5.41) is 7.02. The summed E-state index contributed by atoms with van der Waals surface area (Å²) in [7, 11) is 0. The van der Waals surface area contributed by atoms with Crippen LogP contribution in [0, 0.1) is 12.7 Å². The quantitative estimate of drug-likeness (QED) is 0.929. The molecule has 0 saturated carbocycles. The molecule has 1 N–H and O–H groups in total. The van der Waals surface area contributed by atoms with Crippen molar-refractivity contribution in [1.82, 2.24) is 15.1 Å². The maximum atomic E-state index is 13.6. The van der Waals surface area contributed by atoms with Gasteiger partial charge in [-0.1, -0.05) is 18.2 Å². The zero-order valence-corrected chi connectivity index (χ0v) is 13.6. The summed E-state index contributed by atoms with van der Waals surface area (Å²) in [6, 6.07) is 7.37. The summed E-state index contributed by atoms with van der Waals surface area (Å²) < 4.78 is 15.4. The Balaban J connectivity index is 1.73. The number of anilines is 1. The molecule has 2 heterocycles. The number of aryl methyl sites for hydroxylation is 2. The highest BCUT2D eigenvalue weighted by molar-refractivity contribution is 6.00. The molecule has 0 saturated heterocycles. The summed E-state index contributed by atoms with van der Waals surface area (Å²) in [5.74, 6) is -0.194. The van der Waals surface area contributed by atoms with Gasteiger partial charge in [-0.05, 0) is 19.9 Å². The molecule has 24 heavy (non-hydrogen) atoms. The average molecular weight is 330 g/mol. The first-order chi connectivity index (χ1) is 11.5. The summed E-state index contributed by atoms with van der Waals surface area (Å²) in [4.78, 5) is 26.2. The van der Waals surface area contributed by atoms with E-state index in [1.165, 1.54) is 11.0 Å². The number of aromatic nitrogens is 2. The number of rotatable bonds is 4. The molecule has 3 rings (SSSR count). The van der Waals surface area contributed by atoms with Crippen LogP contribution >= 0.6 is 0 Å². The van der Waals surface area contributed by atoms with Crippen molar-refractivity contribution in [2.45, 2.75) is 39.4 Å². The lowest BCUT2D eigenvalue weighted by Crippen LogP contribution is -2.50. The molecule has 126 valence electrons. The van der Waals surface area contributed by atoms with Gasteiger partial charge in [-0.3, -0.25) is 14.5 Å². The van der Waals surface area contributed by atoms with E-state index in [4.69, 9.17) is 0 Å². The van der Waals surface area contributed by atoms with Gasteiger partial charge in [-0.2, -0.15) is 5.10 Å². The number of hydrogen-bond acceptors (Lipinski definition) is 3. The highest BCUT2D eigenvalue weighted by Gasteiger charge is 2.33. The Bertz CT molecular complexity index is 787. The molecule has 6 nitrogen and oxygen atoms in total. The number of nitrogens with one attached hydrogen (secondary N) is 1. The largest absolute Gasteiger partial charge is 0.350 e. The average Bonchev–Trinajstić information content (AvgIpc) is 2.93. The third kappa shape index (κ3) is 3.02. The summed E-state index contributed by atoms with van der Waals surface area (Å²) in [6.45, 7) is 4.10. The van der Waals surface area contributed by atoms with Crippen LogP contribution < -0.4 is 10.2 Å². The van der Waals surface area contributed by atoms with Crippen LogP contribution in [-0.4, -0.2) is 27.6 Å². The minimum absolute atomic E-state index is 0.0795. The van der Waals surface area contributed by atoms with Gasteiger partial charge in [-0.25, -0.2) is 9.07 Å². The number of hydrogen-bond donors (Lipinski definition) is 1. The Labute approximate surface area is 139 Å². The predicted octanol–water partition coefficient (Wildman–Crippen LogP) is 1.77. The van der Waals surface area contributed by atoms with Crippen molar-refractivity contribution in [1.29, 1.82) is 0 Å². The molecule has 0 unspecified atom stereocenters. The second-order valence-corrected chi connectivity index (χ2v) is 5.87. The summed E-state index contributed by atoms with van der Waals surface area (Å²) >= 11 is 0. The first-order valence-electron chi connectivity index (χ1n) is 7.85. The molecule has 1 atom stereocenters. The lowest BCUT2D eigenvalue weighted by atomic mass is 10.1. The molecule has 0 aliphatic carbocycles. The van der Waals surface area contributed by atoms with Crippen molar-refractivity contribution in [3.05, 3.63) is 47.4 Å². The number of halogens is 1. The molecule has 7 heteroatoms. The molecule has 0 radical (unpaired) electrons. The van der Waals surface area contributed by atoms with E-state index >= 15 is 0 Å². The molecule has 1 aliphatic heterocycles. The van der Waals surface area contributed by atoms with Gasteiger partial charge in [0.15, 0.2) is 0 Å². The van der Waals surface area contributed by atoms with Crippen LogP contribution in [0.3, 0.4) is 0 Å². The van der Waals surface area contributed by atoms with Crippen molar-refractivity contribution >= 4 is 17.6 Å². The normalized spacial score (nSPS) is 15.1. The minimum Gasteiger partial charge on any atom is -0.350 e. The molecule has 1 aromatic carbocycles. The van der Waals surface area contributed by atoms with E-state index in [0.717, 1.165) is 5.69 Å². The standard InChI is InChI=1S/C17H19FN4O2/c1-11-9-15-21(20-11)8-7-16(23)22(15)12(2)17(24)19-10-13-5-3-4-6-14(13)18/h3-6,9,12H,7-8,10H2,1-2H3,(H,19,24)/t12-/m1/s1. The van der Waals surface area contributed by atoms with Crippen molar-refractivity contribution in [2.24, 2.45) is 0 Å². The first kappa shape index (κ1) is 16.2. The fraction of sp³-hybridized carbons (Fsp3) is 0.353. The smallest absolute Gasteiger partial charge is 0.243 e. The van der Waals surface area contributed by atoms with Gasteiger partial charge in [0.2, 0.25) is 11.8 Å². The van der Waals surface area contributed by atoms with E-state index < -0.39 is 6.04 Å². The van der Waals surface area contributed by atoms with E-state index in [-0.39, 0.29) is 24.2 Å². The third-order valence-corrected chi connectivity index (χ3v) is 4.11. The number of benzene rings is 1. The molecule has 2 aromatic rings. The first-order valence-corrected chi connectivity index (χ1v) is 7.85. The van der Waals surface area contributed by atoms with E-state index in [0.29, 0.717) is 24.3 Å². The van der Waals surface area contributed by atoms with Crippen LogP contribution in [0.5, 0.6) is 0 Å². The molecule has 0 bridgehead atoms. The topological polar surface area (TPSA) is 67.2 Å². The lowest BCUT2D eigenvalue weighted by molar-refractivity contribution is -0.126. The van der Waals surface area contributed by atoms with Gasteiger partial charge in [0.1, 0.15) is 17.7 Å². The molecule has 0 fully saturated rings. The Kier molecular flexibility index (Phi) is 4.33.